The van der Waals surface area contributed by atoms with Crippen LogP contribution in [0, 0.1) is 41.4 Å². The summed E-state index contributed by atoms with van der Waals surface area (Å²) in [6.45, 7) is 26.7. The van der Waals surface area contributed by atoms with Crippen LogP contribution in [0.15, 0.2) is 12.2 Å². The van der Waals surface area contributed by atoms with E-state index in [4.69, 9.17) is 4.52 Å². The molecular formula is C63H114N11O16P. The zero-order valence-electron chi connectivity index (χ0n) is 58.9. The third-order valence-corrected chi connectivity index (χ3v) is 17.6. The number of rotatable bonds is 18. The van der Waals surface area contributed by atoms with E-state index >= 15 is 19.2 Å². The van der Waals surface area contributed by atoms with Crippen molar-refractivity contribution in [3.05, 3.63) is 12.2 Å². The highest BCUT2D eigenvalue weighted by Gasteiger charge is 2.55. The number of carbonyl (C=O) groups is 11. The highest BCUT2D eigenvalue weighted by atomic mass is 31.2. The Balaban J connectivity index is 4.57. The van der Waals surface area contributed by atoms with Crippen LogP contribution < -0.4 is 21.3 Å². The van der Waals surface area contributed by atoms with Crippen molar-refractivity contribution in [1.29, 1.82) is 0 Å². The quantitative estimate of drug-likeness (QED) is 0.0766. The Morgan fingerprint density at radius 1 is 0.560 bits per heavy atom. The number of aliphatic hydroxyl groups excluding tert-OH is 1. The maximum absolute atomic E-state index is 15.8. The molecule has 1 fully saturated rings. The van der Waals surface area contributed by atoms with Crippen LogP contribution >= 0.6 is 7.82 Å². The number of amides is 11. The molecule has 91 heavy (non-hydrogen) atoms. The Morgan fingerprint density at radius 3 is 1.45 bits per heavy atom. The SMILES string of the molecule is C/C=C/C[C@@H](C)[C@@H](O)[C@H]1C(=O)N[C@@H](CC)C(=O)N(C)CC(=O)N(C)[C@@H](CC(C)C)C(=O)N[C@@H](C(C)C)C(=O)N(C)[C@@H](CC(C)C)C(=O)N[C@@H](C)C(=O)N[C@H](C)C(=O)N(C)[C@@H](CC(C)C)C(=O)N(C)[C@@H](CC(C)C)C(=O)N(C)[C@](COP(=O)(O)O)(C(C)C)C(=O)N1C. The molecule has 0 aromatic carbocycles. The third kappa shape index (κ3) is 22.9. The summed E-state index contributed by atoms with van der Waals surface area (Å²) in [6.07, 6.45) is 2.00. The molecule has 0 bridgehead atoms. The van der Waals surface area contributed by atoms with Crippen LogP contribution in [0.3, 0.4) is 0 Å². The highest BCUT2D eigenvalue weighted by Crippen LogP contribution is 2.41. The van der Waals surface area contributed by atoms with Crippen LogP contribution in [0.1, 0.15) is 156 Å². The summed E-state index contributed by atoms with van der Waals surface area (Å²) in [7, 11) is 3.65. The fraction of sp³-hybridized carbons (Fsp3) is 0.794. The summed E-state index contributed by atoms with van der Waals surface area (Å²) >= 11 is 0. The van der Waals surface area contributed by atoms with Crippen LogP contribution in [-0.4, -0.2) is 243 Å². The molecule has 1 aliphatic rings. The van der Waals surface area contributed by atoms with Crippen molar-refractivity contribution < 1.29 is 76.7 Å². The summed E-state index contributed by atoms with van der Waals surface area (Å²) in [5.41, 5.74) is -2.45. The number of carbonyl (C=O) groups excluding carboxylic acids is 11. The van der Waals surface area contributed by atoms with Crippen LogP contribution in [0.5, 0.6) is 0 Å². The predicted molar refractivity (Wildman–Crippen MR) is 345 cm³/mol. The first-order valence-corrected chi connectivity index (χ1v) is 33.4. The molecule has 1 rings (SSSR count). The lowest BCUT2D eigenvalue weighted by Crippen LogP contribution is -2.70. The normalized spacial score (nSPS) is 26.9. The Morgan fingerprint density at radius 2 is 1.00 bits per heavy atom. The van der Waals surface area contributed by atoms with Gasteiger partial charge in [-0.15, -0.1) is 0 Å². The maximum Gasteiger partial charge on any atom is 0.469 e. The van der Waals surface area contributed by atoms with E-state index in [0.717, 1.165) is 36.4 Å². The predicted octanol–water partition coefficient (Wildman–Crippen LogP) is 2.75. The van der Waals surface area contributed by atoms with Gasteiger partial charge in [0.05, 0.1) is 19.3 Å². The molecule has 1 aliphatic heterocycles. The first-order valence-electron chi connectivity index (χ1n) is 31.9. The van der Waals surface area contributed by atoms with Gasteiger partial charge in [-0.05, 0) is 101 Å². The molecule has 0 unspecified atom stereocenters. The molecule has 0 saturated carbocycles. The summed E-state index contributed by atoms with van der Waals surface area (Å²) in [4.78, 5) is 190. The molecule has 0 radical (unpaired) electrons. The van der Waals surface area contributed by atoms with Crippen molar-refractivity contribution in [1.82, 2.24) is 55.6 Å². The number of nitrogens with zero attached hydrogens (tertiary/aromatic N) is 7. The summed E-state index contributed by atoms with van der Waals surface area (Å²) in [5.74, 6) is -12.3. The van der Waals surface area contributed by atoms with E-state index in [9.17, 15) is 53.0 Å². The van der Waals surface area contributed by atoms with Gasteiger partial charge in [-0.2, -0.15) is 0 Å². The number of phosphoric ester groups is 1. The van der Waals surface area contributed by atoms with Crippen LogP contribution in [0.25, 0.3) is 0 Å². The third-order valence-electron chi connectivity index (χ3n) is 17.1. The average Bonchev–Trinajstić information content (AvgIpc) is 0.791. The van der Waals surface area contributed by atoms with Gasteiger partial charge >= 0.3 is 7.82 Å². The standard InChI is InChI=1S/C63H114N11O16P/c1-25-27-28-41(15)52(76)51-56(80)66-44(26-2)58(82)68(18)33-49(75)69(19)45(29-35(3)4)55(79)67-50(39(11)12)61(85)70(20)46(30-36(5)6)54(78)64-42(16)53(77)65-43(17)57(81)71(21)47(31-37(7)8)59(83)72(22)48(32-38(9)10)60(84)74(24)63(40(13)14,62(86)73(51)23)34-90-91(87,88)89/h25,27,35-48,50-52,76H,26,28-34H2,1-24H3,(H,64,78)(H,65,77)(H,66,80)(H,67,79)(H2,87,88,89)/b27-25+/t41-,42+,43-,44+,45+,46+,47+,48+,50+,51+,52-,63-/m1/s1. The smallest absolute Gasteiger partial charge is 0.390 e. The highest BCUT2D eigenvalue weighted by molar-refractivity contribution is 7.46. The minimum absolute atomic E-state index is 0.0455. The van der Waals surface area contributed by atoms with Crippen LogP contribution in [0.2, 0.25) is 0 Å². The maximum atomic E-state index is 15.8. The summed E-state index contributed by atoms with van der Waals surface area (Å²) < 4.78 is 17.9. The zero-order chi connectivity index (χ0) is 70.8. The van der Waals surface area contributed by atoms with E-state index in [1.165, 1.54) is 74.9 Å². The van der Waals surface area contributed by atoms with Crippen molar-refractivity contribution in [3.8, 4) is 0 Å². The van der Waals surface area contributed by atoms with E-state index in [2.05, 4.69) is 21.3 Å². The molecule has 27 nitrogen and oxygen atoms in total. The molecule has 0 aromatic heterocycles. The Bertz CT molecular complexity index is 2600. The monoisotopic (exact) mass is 1310 g/mol. The van der Waals surface area contributed by atoms with E-state index in [1.54, 1.807) is 60.6 Å². The largest absolute Gasteiger partial charge is 0.469 e. The molecule has 522 valence electrons. The van der Waals surface area contributed by atoms with Crippen molar-refractivity contribution in [2.45, 2.75) is 222 Å². The van der Waals surface area contributed by atoms with Gasteiger partial charge in [0, 0.05) is 49.3 Å². The van der Waals surface area contributed by atoms with Gasteiger partial charge in [0.2, 0.25) is 59.1 Å². The number of allylic oxidation sites excluding steroid dienone is 2. The van der Waals surface area contributed by atoms with Gasteiger partial charge in [-0.1, -0.05) is 109 Å². The number of hydrogen-bond donors (Lipinski definition) is 7. The first kappa shape index (κ1) is 83.0. The minimum atomic E-state index is -5.48. The second kappa shape index (κ2) is 36.4. The molecule has 11 amide bonds. The van der Waals surface area contributed by atoms with Gasteiger partial charge in [-0.25, -0.2) is 4.57 Å². The second-order valence-electron chi connectivity index (χ2n) is 27.2. The van der Waals surface area contributed by atoms with Crippen LogP contribution in [-0.2, 0) is 61.8 Å². The van der Waals surface area contributed by atoms with E-state index < -0.39 is 170 Å². The molecule has 28 heteroatoms. The van der Waals surface area contributed by atoms with Crippen molar-refractivity contribution in [2.24, 2.45) is 41.4 Å². The average molecular weight is 1310 g/mol. The second-order valence-corrected chi connectivity index (χ2v) is 28.4. The molecule has 0 aliphatic carbocycles. The molecule has 1 saturated heterocycles. The number of phosphoric acid groups is 1. The molecule has 1 heterocycles. The van der Waals surface area contributed by atoms with Crippen molar-refractivity contribution >= 4 is 72.8 Å². The summed E-state index contributed by atoms with van der Waals surface area (Å²) in [6, 6.07) is -12.2. The number of nitrogens with one attached hydrogen (secondary N) is 4. The zero-order valence-corrected chi connectivity index (χ0v) is 59.7. The Labute approximate surface area is 541 Å². The molecular weight excluding hydrogens is 1200 g/mol. The van der Waals surface area contributed by atoms with E-state index in [1.807, 2.05) is 41.5 Å². The van der Waals surface area contributed by atoms with Gasteiger partial charge in [0.25, 0.3) is 5.91 Å². The number of hydrogen-bond acceptors (Lipinski definition) is 14. The summed E-state index contributed by atoms with van der Waals surface area (Å²) in [5, 5.41) is 23.1. The Kier molecular flexibility index (Phi) is 33.2. The number of aliphatic hydroxyl groups is 1. The van der Waals surface area contributed by atoms with Gasteiger partial charge in [0.1, 0.15) is 59.9 Å². The minimum Gasteiger partial charge on any atom is -0.390 e. The van der Waals surface area contributed by atoms with Crippen LogP contribution in [0.4, 0.5) is 0 Å². The lowest BCUT2D eigenvalue weighted by atomic mass is 9.82. The van der Waals surface area contributed by atoms with Gasteiger partial charge in [-0.3, -0.25) is 57.3 Å². The lowest BCUT2D eigenvalue weighted by molar-refractivity contribution is -0.167. The molecule has 0 aromatic rings. The number of likely N-dealkylation sites (N-methyl/N-ethyl adjacent to an activating group) is 7. The first-order chi connectivity index (χ1) is 41.8. The fourth-order valence-electron chi connectivity index (χ4n) is 11.2. The van der Waals surface area contributed by atoms with Crippen molar-refractivity contribution in [2.75, 3.05) is 62.5 Å². The fourth-order valence-corrected chi connectivity index (χ4v) is 11.6. The molecule has 0 spiro atoms. The molecule has 7 N–H and O–H groups in total. The van der Waals surface area contributed by atoms with E-state index in [0.29, 0.717) is 0 Å². The lowest BCUT2D eigenvalue weighted by Gasteiger charge is -2.48. The van der Waals surface area contributed by atoms with Crippen molar-refractivity contribution in [3.63, 3.8) is 0 Å². The van der Waals surface area contributed by atoms with Gasteiger partial charge in [0.15, 0.2) is 0 Å². The van der Waals surface area contributed by atoms with E-state index in [-0.39, 0.29) is 62.2 Å². The topological polar surface area (TPSA) is 346 Å². The Hall–Kier alpha value is -6.02. The molecule has 12 atom stereocenters. The van der Waals surface area contributed by atoms with Gasteiger partial charge < -0.3 is 70.5 Å².